The molecule has 0 aliphatic carbocycles. The van der Waals surface area contributed by atoms with Gasteiger partial charge in [0.2, 0.25) is 0 Å². The first-order valence-corrected chi connectivity index (χ1v) is 9.65. The number of hydrogen-bond acceptors (Lipinski definition) is 1. The zero-order valence-electron chi connectivity index (χ0n) is 18.4. The highest BCUT2D eigenvalue weighted by atomic mass is 14.7. The largest absolute Gasteiger partial charge is 0.256 e. The molecule has 0 amide bonds. The van der Waals surface area contributed by atoms with E-state index in [0.717, 1.165) is 43.6 Å². The van der Waals surface area contributed by atoms with Crippen LogP contribution in [0.3, 0.4) is 0 Å². The van der Waals surface area contributed by atoms with Crippen molar-refractivity contribution in [3.8, 4) is 11.3 Å². The topological polar surface area (TPSA) is 12.9 Å². The second-order valence-electron chi connectivity index (χ2n) is 8.38. The van der Waals surface area contributed by atoms with E-state index in [0.29, 0.717) is 12.1 Å². The van der Waals surface area contributed by atoms with Crippen LogP contribution in [0, 0.1) is 0 Å². The van der Waals surface area contributed by atoms with E-state index in [1.807, 2.05) is 42.6 Å². The molecule has 0 aliphatic heterocycles. The van der Waals surface area contributed by atoms with E-state index >= 15 is 0 Å². The Hall–Kier alpha value is -3.19. The Morgan fingerprint density at radius 3 is 1.96 bits per heavy atom. The zero-order valence-corrected chi connectivity index (χ0v) is 16.4. The fourth-order valence-electron chi connectivity index (χ4n) is 3.99. The molecule has 0 saturated heterocycles. The third kappa shape index (κ3) is 2.66. The summed E-state index contributed by atoms with van der Waals surface area (Å²) in [5.41, 5.74) is 3.36. The first-order valence-electron chi connectivity index (χ1n) is 10.6. The van der Waals surface area contributed by atoms with E-state index in [1.54, 1.807) is 0 Å². The van der Waals surface area contributed by atoms with Crippen molar-refractivity contribution >= 4 is 32.3 Å². The molecule has 136 valence electrons. The van der Waals surface area contributed by atoms with Gasteiger partial charge in [-0.3, -0.25) is 4.98 Å². The van der Waals surface area contributed by atoms with Crippen LogP contribution in [0.5, 0.6) is 0 Å². The number of aromatic nitrogens is 1. The van der Waals surface area contributed by atoms with Gasteiger partial charge in [0.25, 0.3) is 0 Å². The molecule has 28 heavy (non-hydrogen) atoms. The van der Waals surface area contributed by atoms with Crippen LogP contribution in [-0.4, -0.2) is 4.98 Å². The lowest BCUT2D eigenvalue weighted by molar-refractivity contribution is 0.589. The van der Waals surface area contributed by atoms with Gasteiger partial charge in [-0.05, 0) is 61.5 Å². The second-order valence-corrected chi connectivity index (χ2v) is 8.38. The van der Waals surface area contributed by atoms with Gasteiger partial charge in [-0.15, -0.1) is 0 Å². The number of pyridine rings is 1. The number of fused-ring (bicyclic) bond motifs is 6. The van der Waals surface area contributed by atoms with Gasteiger partial charge < -0.3 is 0 Å². The SMILES string of the molecule is [2H]c1ccc2c(c1)c1ccc([2H])cc1c1ccc(-c3cc(C(C)(C)C)ccn3)cc21. The molecule has 1 heterocycles. The summed E-state index contributed by atoms with van der Waals surface area (Å²) in [6.45, 7) is 6.63. The van der Waals surface area contributed by atoms with Crippen LogP contribution in [0.15, 0.2) is 85.0 Å². The maximum Gasteiger partial charge on any atom is 0.0705 e. The average molecular weight is 364 g/mol. The van der Waals surface area contributed by atoms with Gasteiger partial charge in [0.1, 0.15) is 0 Å². The minimum Gasteiger partial charge on any atom is -0.256 e. The van der Waals surface area contributed by atoms with E-state index in [4.69, 9.17) is 2.74 Å². The summed E-state index contributed by atoms with van der Waals surface area (Å²) < 4.78 is 16.2. The van der Waals surface area contributed by atoms with Gasteiger partial charge in [0.05, 0.1) is 8.44 Å². The lowest BCUT2D eigenvalue weighted by Crippen LogP contribution is -2.11. The number of rotatable bonds is 1. The first kappa shape index (κ1) is 14.8. The summed E-state index contributed by atoms with van der Waals surface area (Å²) >= 11 is 0. The van der Waals surface area contributed by atoms with Gasteiger partial charge >= 0.3 is 0 Å². The Bertz CT molecular complexity index is 1410. The predicted molar refractivity (Wildman–Crippen MR) is 121 cm³/mol. The van der Waals surface area contributed by atoms with E-state index < -0.39 is 0 Å². The minimum atomic E-state index is 0.0620. The summed E-state index contributed by atoms with van der Waals surface area (Å²) in [7, 11) is 0. The Balaban J connectivity index is 1.85. The molecule has 0 N–H and O–H groups in total. The van der Waals surface area contributed by atoms with E-state index in [1.165, 1.54) is 5.56 Å². The number of hydrogen-bond donors (Lipinski definition) is 0. The van der Waals surface area contributed by atoms with Crippen molar-refractivity contribution in [2.75, 3.05) is 0 Å². The lowest BCUT2D eigenvalue weighted by Gasteiger charge is -2.19. The molecule has 0 atom stereocenters. The maximum atomic E-state index is 8.11. The van der Waals surface area contributed by atoms with Crippen LogP contribution in [-0.2, 0) is 5.41 Å². The minimum absolute atomic E-state index is 0.0620. The van der Waals surface area contributed by atoms with E-state index in [2.05, 4.69) is 56.1 Å². The van der Waals surface area contributed by atoms with Gasteiger partial charge in [-0.2, -0.15) is 0 Å². The fraction of sp³-hybridized carbons (Fsp3) is 0.148. The molecule has 0 radical (unpaired) electrons. The average Bonchev–Trinajstić information content (AvgIpc) is 2.73. The third-order valence-corrected chi connectivity index (χ3v) is 5.54. The van der Waals surface area contributed by atoms with Gasteiger partial charge in [-0.1, -0.05) is 81.4 Å². The number of benzene rings is 4. The Labute approximate surface area is 168 Å². The van der Waals surface area contributed by atoms with Crippen LogP contribution in [0.4, 0.5) is 0 Å². The molecule has 0 saturated carbocycles. The van der Waals surface area contributed by atoms with Gasteiger partial charge in [0.15, 0.2) is 0 Å². The molecule has 0 aliphatic rings. The Kier molecular flexibility index (Phi) is 3.26. The van der Waals surface area contributed by atoms with Crippen molar-refractivity contribution in [3.63, 3.8) is 0 Å². The molecule has 0 bridgehead atoms. The predicted octanol–water partition coefficient (Wildman–Crippen LogP) is 7.51. The van der Waals surface area contributed by atoms with Gasteiger partial charge in [-0.25, -0.2) is 0 Å². The molecule has 0 spiro atoms. The van der Waals surface area contributed by atoms with E-state index in [-0.39, 0.29) is 5.41 Å². The van der Waals surface area contributed by atoms with Crippen molar-refractivity contribution in [1.29, 1.82) is 0 Å². The van der Waals surface area contributed by atoms with Crippen LogP contribution < -0.4 is 0 Å². The third-order valence-electron chi connectivity index (χ3n) is 5.54. The molecule has 0 fully saturated rings. The van der Waals surface area contributed by atoms with Gasteiger partial charge in [0, 0.05) is 11.8 Å². The monoisotopic (exact) mass is 363 g/mol. The summed E-state index contributed by atoms with van der Waals surface area (Å²) in [6, 6.07) is 23.3. The number of nitrogens with zero attached hydrogens (tertiary/aromatic N) is 1. The molecule has 5 aromatic rings. The van der Waals surface area contributed by atoms with Crippen LogP contribution in [0.1, 0.15) is 29.1 Å². The molecule has 4 aromatic carbocycles. The second kappa shape index (κ2) is 6.17. The van der Waals surface area contributed by atoms with Crippen LogP contribution in [0.25, 0.3) is 43.6 Å². The quantitative estimate of drug-likeness (QED) is 0.281. The molecule has 1 heteroatoms. The summed E-state index contributed by atoms with van der Waals surface area (Å²) in [5, 5.41) is 6.57. The highest BCUT2D eigenvalue weighted by Gasteiger charge is 2.15. The van der Waals surface area contributed by atoms with Crippen molar-refractivity contribution in [1.82, 2.24) is 4.98 Å². The Morgan fingerprint density at radius 2 is 1.29 bits per heavy atom. The summed E-state index contributed by atoms with van der Waals surface area (Å²) in [4.78, 5) is 4.64. The molecular formula is C27H23N. The standard InChI is InChI=1S/C27H23N/c1-27(2,3)19-14-15-28-26(17-19)18-12-13-24-22-10-5-4-8-20(22)21-9-6-7-11-23(21)25(24)16-18/h4-17H,1-3H3/i5D,6D. The van der Waals surface area contributed by atoms with Crippen LogP contribution >= 0.6 is 0 Å². The van der Waals surface area contributed by atoms with Crippen LogP contribution in [0.2, 0.25) is 0 Å². The molecule has 1 nitrogen and oxygen atoms in total. The normalized spacial score (nSPS) is 13.1. The molecule has 1 aromatic heterocycles. The van der Waals surface area contributed by atoms with Crippen molar-refractivity contribution < 1.29 is 2.74 Å². The first-order chi connectivity index (χ1) is 14.3. The lowest BCUT2D eigenvalue weighted by atomic mass is 9.86. The molecule has 5 rings (SSSR count). The summed E-state index contributed by atoms with van der Waals surface area (Å²) in [6.07, 6.45) is 1.89. The maximum absolute atomic E-state index is 8.11. The highest BCUT2D eigenvalue weighted by molar-refractivity contribution is 6.25. The van der Waals surface area contributed by atoms with Crippen molar-refractivity contribution in [2.24, 2.45) is 0 Å². The summed E-state index contributed by atoms with van der Waals surface area (Å²) in [5.74, 6) is 0. The molecular weight excluding hydrogens is 338 g/mol. The zero-order chi connectivity index (χ0) is 21.0. The van der Waals surface area contributed by atoms with E-state index in [9.17, 15) is 0 Å². The van der Waals surface area contributed by atoms with Crippen molar-refractivity contribution in [2.45, 2.75) is 26.2 Å². The fourth-order valence-corrected chi connectivity index (χ4v) is 3.99. The van der Waals surface area contributed by atoms with Crippen molar-refractivity contribution in [3.05, 3.63) is 90.6 Å². The molecule has 0 unspecified atom stereocenters. The Morgan fingerprint density at radius 1 is 0.679 bits per heavy atom. The smallest absolute Gasteiger partial charge is 0.0705 e. The highest BCUT2D eigenvalue weighted by Crippen LogP contribution is 2.37.